The zero-order chi connectivity index (χ0) is 16.8. The molecule has 0 unspecified atom stereocenters. The van der Waals surface area contributed by atoms with E-state index in [2.05, 4.69) is 4.98 Å². The van der Waals surface area contributed by atoms with Crippen molar-refractivity contribution in [2.45, 2.75) is 44.9 Å². The molecule has 1 aliphatic heterocycles. The number of β-amino-alcohol motifs (C(OH)–C–C–N with tert-alkyl or cyclic N) is 1. The number of aromatic nitrogens is 1. The van der Waals surface area contributed by atoms with Crippen molar-refractivity contribution in [3.63, 3.8) is 0 Å². The smallest absolute Gasteiger partial charge is 0.410 e. The minimum absolute atomic E-state index is 0.260. The molecule has 1 aliphatic rings. The van der Waals surface area contributed by atoms with Gasteiger partial charge in [0.05, 0.1) is 28.9 Å². The Morgan fingerprint density at radius 3 is 2.91 bits per heavy atom. The molecule has 2 heterocycles. The molecule has 1 aromatic carbocycles. The molecular weight excluding hydrogens is 336 g/mol. The van der Waals surface area contributed by atoms with Crippen LogP contribution in [-0.2, 0) is 4.74 Å². The van der Waals surface area contributed by atoms with Crippen LogP contribution >= 0.6 is 22.9 Å². The van der Waals surface area contributed by atoms with Gasteiger partial charge in [0.25, 0.3) is 0 Å². The standard InChI is InChI=1S/C16H19ClN2O3S/c1-16(2,3)22-15(21)19-8-10(20)7-12(19)14-18-11-6-9(17)4-5-13(11)23-14/h4-6,10,12,20H,7-8H2,1-3H3/t10-,12-/m1/s1. The number of amides is 1. The highest BCUT2D eigenvalue weighted by molar-refractivity contribution is 7.18. The third kappa shape index (κ3) is 3.59. The summed E-state index contributed by atoms with van der Waals surface area (Å²) in [5.41, 5.74) is 0.235. The fourth-order valence-electron chi connectivity index (χ4n) is 2.63. The number of hydrogen-bond acceptors (Lipinski definition) is 5. The van der Waals surface area contributed by atoms with E-state index < -0.39 is 17.8 Å². The maximum absolute atomic E-state index is 12.4. The van der Waals surface area contributed by atoms with Crippen molar-refractivity contribution in [3.8, 4) is 0 Å². The molecule has 0 radical (unpaired) electrons. The Bertz CT molecular complexity index is 740. The van der Waals surface area contributed by atoms with E-state index in [0.29, 0.717) is 11.4 Å². The lowest BCUT2D eigenvalue weighted by atomic mass is 10.2. The second kappa shape index (κ2) is 5.92. The third-order valence-corrected chi connectivity index (χ3v) is 4.93. The summed E-state index contributed by atoms with van der Waals surface area (Å²) in [6.07, 6.45) is -0.522. The van der Waals surface area contributed by atoms with E-state index in [4.69, 9.17) is 16.3 Å². The normalized spacial score (nSPS) is 21.9. The number of fused-ring (bicyclic) bond motifs is 1. The number of likely N-dealkylation sites (tertiary alicyclic amines) is 1. The zero-order valence-corrected chi connectivity index (χ0v) is 14.8. The monoisotopic (exact) mass is 354 g/mol. The highest BCUT2D eigenvalue weighted by Gasteiger charge is 2.39. The van der Waals surface area contributed by atoms with Crippen LogP contribution in [0.2, 0.25) is 5.02 Å². The van der Waals surface area contributed by atoms with Crippen LogP contribution in [0.1, 0.15) is 38.2 Å². The molecule has 1 aromatic heterocycles. The highest BCUT2D eigenvalue weighted by Crippen LogP contribution is 2.37. The Labute approximate surface area is 143 Å². The van der Waals surface area contributed by atoms with Gasteiger partial charge in [0.2, 0.25) is 0 Å². The second-order valence-electron chi connectivity index (χ2n) is 6.70. The van der Waals surface area contributed by atoms with Gasteiger partial charge in [-0.25, -0.2) is 9.78 Å². The first-order chi connectivity index (χ1) is 10.7. The van der Waals surface area contributed by atoms with E-state index >= 15 is 0 Å². The lowest BCUT2D eigenvalue weighted by Gasteiger charge is -2.27. The number of nitrogens with zero attached hydrogens (tertiary/aromatic N) is 2. The first-order valence-corrected chi connectivity index (χ1v) is 8.66. The van der Waals surface area contributed by atoms with E-state index in [9.17, 15) is 9.90 Å². The molecule has 0 aliphatic carbocycles. The number of aliphatic hydroxyl groups is 1. The highest BCUT2D eigenvalue weighted by atomic mass is 35.5. The maximum Gasteiger partial charge on any atom is 0.410 e. The second-order valence-corrected chi connectivity index (χ2v) is 8.20. The Morgan fingerprint density at radius 2 is 2.22 bits per heavy atom. The number of carbonyl (C=O) groups is 1. The number of rotatable bonds is 1. The summed E-state index contributed by atoms with van der Waals surface area (Å²) in [7, 11) is 0. The van der Waals surface area contributed by atoms with Crippen LogP contribution in [0.3, 0.4) is 0 Å². The predicted molar refractivity (Wildman–Crippen MR) is 90.9 cm³/mol. The molecular formula is C16H19ClN2O3S. The summed E-state index contributed by atoms with van der Waals surface area (Å²) < 4.78 is 6.46. The van der Waals surface area contributed by atoms with Crippen LogP contribution in [0.25, 0.3) is 10.2 Å². The number of thiazole rings is 1. The van der Waals surface area contributed by atoms with Gasteiger partial charge in [-0.2, -0.15) is 0 Å². The molecule has 0 bridgehead atoms. The number of benzene rings is 1. The van der Waals surface area contributed by atoms with Crippen molar-refractivity contribution in [2.24, 2.45) is 0 Å². The predicted octanol–water partition coefficient (Wildman–Crippen LogP) is 3.99. The van der Waals surface area contributed by atoms with Crippen molar-refractivity contribution in [2.75, 3.05) is 6.54 Å². The van der Waals surface area contributed by atoms with Crippen LogP contribution in [0.15, 0.2) is 18.2 Å². The summed E-state index contributed by atoms with van der Waals surface area (Å²) in [6.45, 7) is 5.74. The molecule has 1 N–H and O–H groups in total. The number of hydrogen-bond donors (Lipinski definition) is 1. The van der Waals surface area contributed by atoms with Gasteiger partial charge in [-0.1, -0.05) is 11.6 Å². The van der Waals surface area contributed by atoms with E-state index in [0.717, 1.165) is 15.2 Å². The summed E-state index contributed by atoms with van der Waals surface area (Å²) in [5, 5.41) is 11.4. The number of halogens is 1. The molecule has 1 amide bonds. The summed E-state index contributed by atoms with van der Waals surface area (Å²) in [5.74, 6) is 0. The third-order valence-electron chi connectivity index (χ3n) is 3.56. The van der Waals surface area contributed by atoms with Gasteiger partial charge >= 0.3 is 6.09 Å². The topological polar surface area (TPSA) is 62.7 Å². The lowest BCUT2D eigenvalue weighted by molar-refractivity contribution is 0.0206. The number of aliphatic hydroxyl groups excluding tert-OH is 1. The van der Waals surface area contributed by atoms with Crippen LogP contribution in [0.5, 0.6) is 0 Å². The SMILES string of the molecule is CC(C)(C)OC(=O)N1C[C@H](O)C[C@@H]1c1nc2cc(Cl)ccc2s1. The van der Waals surface area contributed by atoms with Gasteiger partial charge < -0.3 is 9.84 Å². The summed E-state index contributed by atoms with van der Waals surface area (Å²) >= 11 is 7.52. The molecule has 1 saturated heterocycles. The van der Waals surface area contributed by atoms with Crippen molar-refractivity contribution in [3.05, 3.63) is 28.2 Å². The Balaban J connectivity index is 1.90. The molecule has 5 nitrogen and oxygen atoms in total. The first-order valence-electron chi connectivity index (χ1n) is 7.46. The van der Waals surface area contributed by atoms with Crippen LogP contribution in [0, 0.1) is 0 Å². The van der Waals surface area contributed by atoms with E-state index in [-0.39, 0.29) is 12.6 Å². The van der Waals surface area contributed by atoms with E-state index in [1.165, 1.54) is 11.3 Å². The minimum Gasteiger partial charge on any atom is -0.444 e. The van der Waals surface area contributed by atoms with Crippen molar-refractivity contribution < 1.29 is 14.6 Å². The lowest BCUT2D eigenvalue weighted by Crippen LogP contribution is -2.37. The van der Waals surface area contributed by atoms with Crippen molar-refractivity contribution in [1.29, 1.82) is 0 Å². The van der Waals surface area contributed by atoms with Gasteiger partial charge in [0.1, 0.15) is 10.6 Å². The summed E-state index contributed by atoms with van der Waals surface area (Å²) in [4.78, 5) is 18.6. The Kier molecular flexibility index (Phi) is 4.25. The number of carbonyl (C=O) groups excluding carboxylic acids is 1. The van der Waals surface area contributed by atoms with Crippen LogP contribution < -0.4 is 0 Å². The molecule has 0 saturated carbocycles. The molecule has 0 spiro atoms. The first kappa shape index (κ1) is 16.5. The number of ether oxygens (including phenoxy) is 1. The van der Waals surface area contributed by atoms with Crippen LogP contribution in [0.4, 0.5) is 4.79 Å². The minimum atomic E-state index is -0.573. The zero-order valence-electron chi connectivity index (χ0n) is 13.2. The molecule has 23 heavy (non-hydrogen) atoms. The summed E-state index contributed by atoms with van der Waals surface area (Å²) in [6, 6.07) is 5.28. The fraction of sp³-hybridized carbons (Fsp3) is 0.500. The molecule has 2 aromatic rings. The quantitative estimate of drug-likeness (QED) is 0.841. The molecule has 1 fully saturated rings. The van der Waals surface area contributed by atoms with Crippen molar-refractivity contribution in [1.82, 2.24) is 9.88 Å². The van der Waals surface area contributed by atoms with E-state index in [1.54, 1.807) is 11.0 Å². The van der Waals surface area contributed by atoms with Gasteiger partial charge in [0, 0.05) is 11.4 Å². The average molecular weight is 355 g/mol. The van der Waals surface area contributed by atoms with E-state index in [1.807, 2.05) is 32.9 Å². The molecule has 2 atom stereocenters. The molecule has 124 valence electrons. The molecule has 3 rings (SSSR count). The molecule has 7 heteroatoms. The van der Waals surface area contributed by atoms with Gasteiger partial charge in [-0.15, -0.1) is 11.3 Å². The maximum atomic E-state index is 12.4. The van der Waals surface area contributed by atoms with Gasteiger partial charge in [0.15, 0.2) is 0 Å². The van der Waals surface area contributed by atoms with Gasteiger partial charge in [-0.05, 0) is 39.0 Å². The Morgan fingerprint density at radius 1 is 1.48 bits per heavy atom. The van der Waals surface area contributed by atoms with Crippen LogP contribution in [-0.4, -0.2) is 39.3 Å². The van der Waals surface area contributed by atoms with Gasteiger partial charge in [-0.3, -0.25) is 4.90 Å². The average Bonchev–Trinajstić information content (AvgIpc) is 2.99. The largest absolute Gasteiger partial charge is 0.444 e. The van der Waals surface area contributed by atoms with Crippen molar-refractivity contribution >= 4 is 39.2 Å². The Hall–Kier alpha value is -1.37. The fourth-order valence-corrected chi connectivity index (χ4v) is 3.87.